The first-order chi connectivity index (χ1) is 9.22. The third-order valence-corrected chi connectivity index (χ3v) is 3.94. The fourth-order valence-electron chi connectivity index (χ4n) is 2.80. The Morgan fingerprint density at radius 1 is 1.26 bits per heavy atom. The van der Waals surface area contributed by atoms with Crippen LogP contribution in [0.2, 0.25) is 0 Å². The van der Waals surface area contributed by atoms with Crippen molar-refractivity contribution in [2.24, 2.45) is 0 Å². The van der Waals surface area contributed by atoms with Crippen LogP contribution in [0.1, 0.15) is 29.8 Å². The van der Waals surface area contributed by atoms with Gasteiger partial charge in [0.1, 0.15) is 5.82 Å². The second-order valence-corrected chi connectivity index (χ2v) is 5.03. The van der Waals surface area contributed by atoms with E-state index in [1.54, 1.807) is 6.92 Å². The Hall–Kier alpha value is -1.82. The standard InChI is InChI=1S/C13H16FN5/c1-9-8-10(2-3-11(9)14)13(4-6-15-7-5-13)12-16-18-19-17-12/h2-3,8,15H,4-7H2,1H3,(H,16,17,18,19). The quantitative estimate of drug-likeness (QED) is 0.855. The average molecular weight is 261 g/mol. The number of aromatic nitrogens is 4. The first-order valence-electron chi connectivity index (χ1n) is 6.44. The number of hydrogen-bond donors (Lipinski definition) is 2. The number of nitrogens with one attached hydrogen (secondary N) is 2. The van der Waals surface area contributed by atoms with Crippen molar-refractivity contribution in [2.45, 2.75) is 25.2 Å². The minimum Gasteiger partial charge on any atom is -0.317 e. The van der Waals surface area contributed by atoms with Gasteiger partial charge in [-0.3, -0.25) is 0 Å². The highest BCUT2D eigenvalue weighted by molar-refractivity contribution is 5.36. The lowest BCUT2D eigenvalue weighted by Crippen LogP contribution is -2.41. The molecular formula is C13H16FN5. The molecule has 2 heterocycles. The zero-order valence-corrected chi connectivity index (χ0v) is 10.8. The van der Waals surface area contributed by atoms with Crippen molar-refractivity contribution in [3.63, 3.8) is 0 Å². The summed E-state index contributed by atoms with van der Waals surface area (Å²) in [4.78, 5) is 0. The highest BCUT2D eigenvalue weighted by Gasteiger charge is 2.39. The lowest BCUT2D eigenvalue weighted by atomic mass is 9.72. The van der Waals surface area contributed by atoms with E-state index in [-0.39, 0.29) is 11.2 Å². The monoisotopic (exact) mass is 261 g/mol. The normalized spacial score (nSPS) is 18.4. The Morgan fingerprint density at radius 2 is 2.05 bits per heavy atom. The molecule has 0 spiro atoms. The van der Waals surface area contributed by atoms with E-state index >= 15 is 0 Å². The minimum absolute atomic E-state index is 0.180. The molecule has 0 radical (unpaired) electrons. The fourth-order valence-corrected chi connectivity index (χ4v) is 2.80. The largest absolute Gasteiger partial charge is 0.317 e. The van der Waals surface area contributed by atoms with E-state index in [9.17, 15) is 4.39 Å². The number of aryl methyl sites for hydroxylation is 1. The van der Waals surface area contributed by atoms with Gasteiger partial charge in [0.05, 0.1) is 5.41 Å². The second kappa shape index (κ2) is 4.70. The number of H-pyrrole nitrogens is 1. The van der Waals surface area contributed by atoms with Crippen LogP contribution in [0.4, 0.5) is 4.39 Å². The van der Waals surface area contributed by atoms with Gasteiger partial charge in [-0.05, 0) is 50.0 Å². The molecule has 1 aliphatic heterocycles. The number of nitrogens with zero attached hydrogens (tertiary/aromatic N) is 3. The van der Waals surface area contributed by atoms with Gasteiger partial charge in [-0.1, -0.05) is 17.3 Å². The van der Waals surface area contributed by atoms with Gasteiger partial charge in [0, 0.05) is 0 Å². The molecule has 0 atom stereocenters. The molecule has 6 heteroatoms. The minimum atomic E-state index is -0.267. The Bertz CT molecular complexity index is 560. The lowest BCUT2D eigenvalue weighted by Gasteiger charge is -2.35. The third-order valence-electron chi connectivity index (χ3n) is 3.94. The van der Waals surface area contributed by atoms with Crippen molar-refractivity contribution in [3.05, 3.63) is 41.0 Å². The van der Waals surface area contributed by atoms with E-state index in [2.05, 4.69) is 25.9 Å². The van der Waals surface area contributed by atoms with Crippen LogP contribution in [0, 0.1) is 12.7 Å². The zero-order valence-electron chi connectivity index (χ0n) is 10.8. The molecule has 0 bridgehead atoms. The predicted molar refractivity (Wildman–Crippen MR) is 68.2 cm³/mol. The van der Waals surface area contributed by atoms with Crippen LogP contribution in [0.25, 0.3) is 0 Å². The number of halogens is 1. The van der Waals surface area contributed by atoms with Gasteiger partial charge >= 0.3 is 0 Å². The van der Waals surface area contributed by atoms with Gasteiger partial charge in [-0.25, -0.2) is 4.39 Å². The molecule has 1 fully saturated rings. The molecular weight excluding hydrogens is 245 g/mol. The molecule has 2 N–H and O–H groups in total. The predicted octanol–water partition coefficient (Wildman–Crippen LogP) is 1.32. The van der Waals surface area contributed by atoms with Gasteiger partial charge in [0.15, 0.2) is 5.82 Å². The maximum absolute atomic E-state index is 13.5. The summed E-state index contributed by atoms with van der Waals surface area (Å²) in [7, 11) is 0. The Labute approximate surface area is 110 Å². The van der Waals surface area contributed by atoms with E-state index in [1.165, 1.54) is 6.07 Å². The molecule has 0 unspecified atom stereocenters. The van der Waals surface area contributed by atoms with E-state index < -0.39 is 0 Å². The second-order valence-electron chi connectivity index (χ2n) is 5.03. The molecule has 1 aromatic carbocycles. The maximum atomic E-state index is 13.5. The molecule has 0 aliphatic carbocycles. The molecule has 1 aromatic heterocycles. The molecule has 100 valence electrons. The van der Waals surface area contributed by atoms with E-state index in [0.29, 0.717) is 11.4 Å². The van der Waals surface area contributed by atoms with Crippen molar-refractivity contribution in [3.8, 4) is 0 Å². The summed E-state index contributed by atoms with van der Waals surface area (Å²) in [6.07, 6.45) is 1.77. The smallest absolute Gasteiger partial charge is 0.185 e. The summed E-state index contributed by atoms with van der Waals surface area (Å²) in [5.41, 5.74) is 1.45. The van der Waals surface area contributed by atoms with E-state index in [0.717, 1.165) is 31.5 Å². The van der Waals surface area contributed by atoms with Crippen molar-refractivity contribution in [1.82, 2.24) is 25.9 Å². The van der Waals surface area contributed by atoms with Crippen molar-refractivity contribution >= 4 is 0 Å². The van der Waals surface area contributed by atoms with Crippen LogP contribution in [-0.2, 0) is 5.41 Å². The number of benzene rings is 1. The van der Waals surface area contributed by atoms with Crippen molar-refractivity contribution < 1.29 is 4.39 Å². The molecule has 0 amide bonds. The van der Waals surface area contributed by atoms with Gasteiger partial charge < -0.3 is 5.32 Å². The van der Waals surface area contributed by atoms with Crippen LogP contribution in [-0.4, -0.2) is 33.7 Å². The van der Waals surface area contributed by atoms with E-state index in [1.807, 2.05) is 12.1 Å². The molecule has 1 aliphatic rings. The van der Waals surface area contributed by atoms with Gasteiger partial charge in [-0.2, -0.15) is 5.21 Å². The van der Waals surface area contributed by atoms with Crippen LogP contribution < -0.4 is 5.32 Å². The number of tetrazole rings is 1. The molecule has 0 saturated carbocycles. The van der Waals surface area contributed by atoms with Crippen molar-refractivity contribution in [1.29, 1.82) is 0 Å². The molecule has 5 nitrogen and oxygen atoms in total. The van der Waals surface area contributed by atoms with E-state index in [4.69, 9.17) is 0 Å². The molecule has 1 saturated heterocycles. The summed E-state index contributed by atoms with van der Waals surface area (Å²) >= 11 is 0. The van der Waals surface area contributed by atoms with Gasteiger partial charge in [-0.15, -0.1) is 10.2 Å². The first-order valence-corrected chi connectivity index (χ1v) is 6.44. The Kier molecular flexibility index (Phi) is 3.02. The fraction of sp³-hybridized carbons (Fsp3) is 0.462. The summed E-state index contributed by atoms with van der Waals surface area (Å²) in [6.45, 7) is 3.57. The van der Waals surface area contributed by atoms with Gasteiger partial charge in [0.2, 0.25) is 0 Å². The Morgan fingerprint density at radius 3 is 2.68 bits per heavy atom. The average Bonchev–Trinajstić information content (AvgIpc) is 2.97. The summed E-state index contributed by atoms with van der Waals surface area (Å²) < 4.78 is 13.5. The van der Waals surface area contributed by atoms with Crippen LogP contribution >= 0.6 is 0 Å². The highest BCUT2D eigenvalue weighted by Crippen LogP contribution is 2.38. The summed E-state index contributed by atoms with van der Waals surface area (Å²) in [6, 6.07) is 5.26. The SMILES string of the molecule is Cc1cc(C2(c3nn[nH]n3)CCNCC2)ccc1F. The molecule has 19 heavy (non-hydrogen) atoms. The summed E-state index contributed by atoms with van der Waals surface area (Å²) in [5.74, 6) is 0.515. The topological polar surface area (TPSA) is 66.5 Å². The molecule has 2 aromatic rings. The Balaban J connectivity index is 2.11. The van der Waals surface area contributed by atoms with Crippen LogP contribution in [0.15, 0.2) is 18.2 Å². The third kappa shape index (κ3) is 2.02. The maximum Gasteiger partial charge on any atom is 0.185 e. The summed E-state index contributed by atoms with van der Waals surface area (Å²) in [5, 5.41) is 17.9. The van der Waals surface area contributed by atoms with Crippen molar-refractivity contribution in [2.75, 3.05) is 13.1 Å². The van der Waals surface area contributed by atoms with Gasteiger partial charge in [0.25, 0.3) is 0 Å². The lowest BCUT2D eigenvalue weighted by molar-refractivity contribution is 0.345. The number of piperidine rings is 1. The number of hydrogen-bond acceptors (Lipinski definition) is 4. The zero-order chi connectivity index (χ0) is 13.3. The first kappa shape index (κ1) is 12.2. The highest BCUT2D eigenvalue weighted by atomic mass is 19.1. The van der Waals surface area contributed by atoms with Crippen LogP contribution in [0.5, 0.6) is 0 Å². The number of rotatable bonds is 2. The van der Waals surface area contributed by atoms with Crippen LogP contribution in [0.3, 0.4) is 0 Å². The number of aromatic amines is 1. The molecule has 3 rings (SSSR count).